The third kappa shape index (κ3) is 3.66. The quantitative estimate of drug-likeness (QED) is 0.498. The molecule has 0 bridgehead atoms. The lowest BCUT2D eigenvalue weighted by molar-refractivity contribution is -0.384. The van der Waals surface area contributed by atoms with Crippen LogP contribution in [0, 0.1) is 16.0 Å². The summed E-state index contributed by atoms with van der Waals surface area (Å²) in [4.78, 5) is 29.7. The Morgan fingerprint density at radius 1 is 1.24 bits per heavy atom. The van der Waals surface area contributed by atoms with E-state index in [2.05, 4.69) is 4.98 Å². The minimum atomic E-state index is -0.499. The molecule has 128 valence electrons. The molecule has 6 nitrogen and oxygen atoms in total. The first kappa shape index (κ1) is 17.0. The molecule has 25 heavy (non-hydrogen) atoms. The van der Waals surface area contributed by atoms with Crippen molar-refractivity contribution in [1.82, 2.24) is 4.98 Å². The van der Waals surface area contributed by atoms with E-state index in [9.17, 15) is 14.9 Å². The van der Waals surface area contributed by atoms with Crippen LogP contribution < -0.4 is 4.90 Å². The highest BCUT2D eigenvalue weighted by atomic mass is 32.1. The van der Waals surface area contributed by atoms with Crippen molar-refractivity contribution in [2.24, 2.45) is 5.92 Å². The first-order chi connectivity index (χ1) is 12.0. The molecule has 1 heterocycles. The van der Waals surface area contributed by atoms with E-state index in [0.29, 0.717) is 11.7 Å². The van der Waals surface area contributed by atoms with Crippen LogP contribution in [0.3, 0.4) is 0 Å². The average molecular weight is 355 g/mol. The van der Waals surface area contributed by atoms with E-state index in [-0.39, 0.29) is 23.1 Å². The second-order valence-corrected chi connectivity index (χ2v) is 7.09. The zero-order valence-electron chi connectivity index (χ0n) is 13.9. The summed E-state index contributed by atoms with van der Waals surface area (Å²) in [5.41, 5.74) is 1.02. The number of benzene rings is 2. The van der Waals surface area contributed by atoms with Gasteiger partial charge in [0.25, 0.3) is 11.6 Å². The zero-order chi connectivity index (χ0) is 18.0. The van der Waals surface area contributed by atoms with Gasteiger partial charge in [0.1, 0.15) is 0 Å². The fourth-order valence-corrected chi connectivity index (χ4v) is 3.47. The molecule has 0 aliphatic rings. The van der Waals surface area contributed by atoms with Crippen LogP contribution >= 0.6 is 11.3 Å². The SMILES string of the molecule is CC(C)CN(C(=O)c1cccc([N+](=O)[O-])c1)c1nc2ccccc2s1. The number of thiazole rings is 1. The van der Waals surface area contributed by atoms with Crippen molar-refractivity contribution in [2.45, 2.75) is 13.8 Å². The van der Waals surface area contributed by atoms with Crippen LogP contribution in [0.15, 0.2) is 48.5 Å². The minimum Gasteiger partial charge on any atom is -0.284 e. The maximum absolute atomic E-state index is 13.0. The van der Waals surface area contributed by atoms with E-state index in [1.165, 1.54) is 29.5 Å². The third-order valence-electron chi connectivity index (χ3n) is 3.61. The Kier molecular flexibility index (Phi) is 4.76. The van der Waals surface area contributed by atoms with E-state index >= 15 is 0 Å². The highest BCUT2D eigenvalue weighted by Gasteiger charge is 2.23. The number of non-ortho nitro benzene ring substituents is 1. The molecule has 7 heteroatoms. The Hall–Kier alpha value is -2.80. The summed E-state index contributed by atoms with van der Waals surface area (Å²) in [5, 5.41) is 11.6. The number of para-hydroxylation sites is 1. The minimum absolute atomic E-state index is 0.0975. The molecule has 0 saturated carbocycles. The molecule has 2 aromatic carbocycles. The maximum Gasteiger partial charge on any atom is 0.270 e. The molecule has 0 N–H and O–H groups in total. The highest BCUT2D eigenvalue weighted by molar-refractivity contribution is 7.22. The average Bonchev–Trinajstić information content (AvgIpc) is 3.02. The lowest BCUT2D eigenvalue weighted by atomic mass is 10.1. The Balaban J connectivity index is 2.01. The first-order valence-corrected chi connectivity index (χ1v) is 8.69. The molecule has 1 aromatic heterocycles. The van der Waals surface area contributed by atoms with Gasteiger partial charge >= 0.3 is 0 Å². The molecule has 0 unspecified atom stereocenters. The number of amides is 1. The van der Waals surface area contributed by atoms with Crippen molar-refractivity contribution >= 4 is 38.3 Å². The molecule has 0 atom stereocenters. The Bertz CT molecular complexity index is 903. The molecule has 1 amide bonds. The predicted octanol–water partition coefficient (Wildman–Crippen LogP) is 4.51. The predicted molar refractivity (Wildman–Crippen MR) is 99.2 cm³/mol. The van der Waals surface area contributed by atoms with Crippen LogP contribution in [0.4, 0.5) is 10.8 Å². The van der Waals surface area contributed by atoms with Crippen molar-refractivity contribution in [3.8, 4) is 0 Å². The molecule has 3 aromatic rings. The number of anilines is 1. The van der Waals surface area contributed by atoms with Crippen LogP contribution in [0.25, 0.3) is 10.2 Å². The van der Waals surface area contributed by atoms with Gasteiger partial charge in [-0.2, -0.15) is 0 Å². The van der Waals surface area contributed by atoms with Gasteiger partial charge < -0.3 is 0 Å². The summed E-state index contributed by atoms with van der Waals surface area (Å²) in [6.45, 7) is 4.52. The first-order valence-electron chi connectivity index (χ1n) is 7.87. The standard InChI is InChI=1S/C18H17N3O3S/c1-12(2)11-20(18-19-15-8-3-4-9-16(15)25-18)17(22)13-6-5-7-14(10-13)21(23)24/h3-10,12H,11H2,1-2H3. The lowest BCUT2D eigenvalue weighted by Gasteiger charge is -2.21. The number of carbonyl (C=O) groups is 1. The number of carbonyl (C=O) groups excluding carboxylic acids is 1. The number of fused-ring (bicyclic) bond motifs is 1. The molecule has 0 fully saturated rings. The van der Waals surface area contributed by atoms with E-state index in [4.69, 9.17) is 0 Å². The fraction of sp³-hybridized carbons (Fsp3) is 0.222. The van der Waals surface area contributed by atoms with Crippen molar-refractivity contribution in [2.75, 3.05) is 11.4 Å². The number of nitro benzene ring substituents is 1. The second-order valence-electron chi connectivity index (χ2n) is 6.08. The summed E-state index contributed by atoms with van der Waals surface area (Å²) >= 11 is 1.44. The number of hydrogen-bond acceptors (Lipinski definition) is 5. The van der Waals surface area contributed by atoms with Crippen molar-refractivity contribution in [3.63, 3.8) is 0 Å². The monoisotopic (exact) mass is 355 g/mol. The van der Waals surface area contributed by atoms with Crippen LogP contribution in [0.2, 0.25) is 0 Å². The number of rotatable bonds is 5. The number of hydrogen-bond donors (Lipinski definition) is 0. The largest absolute Gasteiger partial charge is 0.284 e. The van der Waals surface area contributed by atoms with Gasteiger partial charge in [0.15, 0.2) is 5.13 Å². The van der Waals surface area contributed by atoms with Crippen LogP contribution in [-0.4, -0.2) is 22.4 Å². The van der Waals surface area contributed by atoms with Gasteiger partial charge in [-0.05, 0) is 24.1 Å². The molecule has 0 spiro atoms. The Morgan fingerprint density at radius 3 is 2.68 bits per heavy atom. The number of aromatic nitrogens is 1. The smallest absolute Gasteiger partial charge is 0.270 e. The van der Waals surface area contributed by atoms with Gasteiger partial charge in [-0.3, -0.25) is 19.8 Å². The second kappa shape index (κ2) is 6.98. The summed E-state index contributed by atoms with van der Waals surface area (Å²) in [6, 6.07) is 13.5. The molecule has 0 aliphatic heterocycles. The van der Waals surface area contributed by atoms with Crippen LogP contribution in [-0.2, 0) is 0 Å². The molecule has 0 aliphatic carbocycles. The molecule has 3 rings (SSSR count). The normalized spacial score (nSPS) is 11.0. The summed E-state index contributed by atoms with van der Waals surface area (Å²) in [5.74, 6) is -0.0499. The van der Waals surface area contributed by atoms with Gasteiger partial charge in [-0.25, -0.2) is 4.98 Å². The molecule has 0 radical (unpaired) electrons. The fourth-order valence-electron chi connectivity index (χ4n) is 2.50. The van der Waals surface area contributed by atoms with Crippen molar-refractivity contribution in [1.29, 1.82) is 0 Å². The number of nitrogens with zero attached hydrogens (tertiary/aromatic N) is 3. The van der Waals surface area contributed by atoms with Gasteiger partial charge in [-0.15, -0.1) is 0 Å². The summed E-state index contributed by atoms with van der Waals surface area (Å²) in [6.07, 6.45) is 0. The van der Waals surface area contributed by atoms with Gasteiger partial charge in [0, 0.05) is 24.2 Å². The molecular weight excluding hydrogens is 338 g/mol. The summed E-state index contributed by atoms with van der Waals surface area (Å²) in [7, 11) is 0. The third-order valence-corrected chi connectivity index (χ3v) is 4.67. The van der Waals surface area contributed by atoms with E-state index in [1.54, 1.807) is 11.0 Å². The van der Waals surface area contributed by atoms with Gasteiger partial charge in [0.2, 0.25) is 0 Å². The van der Waals surface area contributed by atoms with Crippen molar-refractivity contribution in [3.05, 3.63) is 64.2 Å². The van der Waals surface area contributed by atoms with Crippen molar-refractivity contribution < 1.29 is 9.72 Å². The van der Waals surface area contributed by atoms with E-state index < -0.39 is 4.92 Å². The highest BCUT2D eigenvalue weighted by Crippen LogP contribution is 2.30. The lowest BCUT2D eigenvalue weighted by Crippen LogP contribution is -2.34. The zero-order valence-corrected chi connectivity index (χ0v) is 14.7. The van der Waals surface area contributed by atoms with Gasteiger partial charge in [0.05, 0.1) is 15.1 Å². The number of nitro groups is 1. The molecule has 0 saturated heterocycles. The Morgan fingerprint density at radius 2 is 2.00 bits per heavy atom. The van der Waals surface area contributed by atoms with Crippen LogP contribution in [0.5, 0.6) is 0 Å². The topological polar surface area (TPSA) is 76.3 Å². The Labute approximate surface area is 148 Å². The van der Waals surface area contributed by atoms with Gasteiger partial charge in [-0.1, -0.05) is 43.4 Å². The summed E-state index contributed by atoms with van der Waals surface area (Å²) < 4.78 is 0.998. The maximum atomic E-state index is 13.0. The van der Waals surface area contributed by atoms with E-state index in [0.717, 1.165) is 10.2 Å². The van der Waals surface area contributed by atoms with E-state index in [1.807, 2.05) is 38.1 Å². The molecular formula is C18H17N3O3S. The van der Waals surface area contributed by atoms with Crippen LogP contribution in [0.1, 0.15) is 24.2 Å².